The van der Waals surface area contributed by atoms with E-state index >= 15 is 0 Å². The normalized spacial score (nSPS) is 11.0. The summed E-state index contributed by atoms with van der Waals surface area (Å²) in [7, 11) is 1.66. The van der Waals surface area contributed by atoms with Crippen molar-refractivity contribution in [3.63, 3.8) is 0 Å². The maximum Gasteiger partial charge on any atom is 0.125 e. The first-order valence-corrected chi connectivity index (χ1v) is 8.40. The van der Waals surface area contributed by atoms with Crippen molar-refractivity contribution in [1.82, 2.24) is 10.3 Å². The van der Waals surface area contributed by atoms with Gasteiger partial charge >= 0.3 is 0 Å². The van der Waals surface area contributed by atoms with Gasteiger partial charge in [-0.25, -0.2) is 9.37 Å². The minimum Gasteiger partial charge on any atom is -0.378 e. The van der Waals surface area contributed by atoms with Crippen molar-refractivity contribution in [3.05, 3.63) is 39.1 Å². The maximum absolute atomic E-state index is 13.2. The van der Waals surface area contributed by atoms with Gasteiger partial charge < -0.3 is 10.1 Å². The van der Waals surface area contributed by atoms with Gasteiger partial charge in [-0.2, -0.15) is 0 Å². The van der Waals surface area contributed by atoms with E-state index in [1.54, 1.807) is 24.5 Å². The fourth-order valence-corrected chi connectivity index (χ4v) is 3.67. The molecule has 6 heteroatoms. The van der Waals surface area contributed by atoms with Gasteiger partial charge in [-0.1, -0.05) is 6.92 Å². The Kier molecular flexibility index (Phi) is 6.29. The molecule has 0 aliphatic heterocycles. The lowest BCUT2D eigenvalue weighted by Gasteiger charge is -2.02. The summed E-state index contributed by atoms with van der Waals surface area (Å²) in [6, 6.07) is 4.66. The molecule has 0 bridgehead atoms. The average molecular weight is 373 g/mol. The summed E-state index contributed by atoms with van der Waals surface area (Å²) < 4.78 is 19.1. The van der Waals surface area contributed by atoms with Gasteiger partial charge in [0.2, 0.25) is 0 Å². The Balaban J connectivity index is 2.29. The van der Waals surface area contributed by atoms with E-state index in [0.717, 1.165) is 40.7 Å². The third-order valence-corrected chi connectivity index (χ3v) is 4.72. The molecular formula is C15H18BrFN2OS. The fourth-order valence-electron chi connectivity index (χ4n) is 1.93. The molecule has 0 saturated heterocycles. The van der Waals surface area contributed by atoms with Crippen molar-refractivity contribution in [2.75, 3.05) is 13.7 Å². The Bertz CT molecular complexity index is 603. The molecular weight excluding hydrogens is 355 g/mol. The molecule has 114 valence electrons. The molecule has 0 unspecified atom stereocenters. The van der Waals surface area contributed by atoms with Crippen LogP contribution in [-0.4, -0.2) is 18.6 Å². The summed E-state index contributed by atoms with van der Waals surface area (Å²) in [6.45, 7) is 4.37. The summed E-state index contributed by atoms with van der Waals surface area (Å²) in [5, 5.41) is 4.26. The Morgan fingerprint density at radius 2 is 2.24 bits per heavy atom. The molecule has 1 N–H and O–H groups in total. The number of thiazole rings is 1. The van der Waals surface area contributed by atoms with Crippen molar-refractivity contribution in [3.8, 4) is 10.6 Å². The average Bonchev–Trinajstić information content (AvgIpc) is 2.82. The summed E-state index contributed by atoms with van der Waals surface area (Å²) in [6.07, 6.45) is 1.09. The summed E-state index contributed by atoms with van der Waals surface area (Å²) >= 11 is 5.02. The van der Waals surface area contributed by atoms with Gasteiger partial charge in [0, 0.05) is 28.6 Å². The van der Waals surface area contributed by atoms with Crippen LogP contribution < -0.4 is 5.32 Å². The number of methoxy groups -OCH3 is 1. The Morgan fingerprint density at radius 3 is 2.90 bits per heavy atom. The largest absolute Gasteiger partial charge is 0.378 e. The van der Waals surface area contributed by atoms with Crippen LogP contribution in [0.15, 0.2) is 22.7 Å². The summed E-state index contributed by atoms with van der Waals surface area (Å²) in [5.41, 5.74) is 1.85. The minimum absolute atomic E-state index is 0.260. The zero-order valence-corrected chi connectivity index (χ0v) is 14.5. The first-order chi connectivity index (χ1) is 10.2. The van der Waals surface area contributed by atoms with Gasteiger partial charge in [0.25, 0.3) is 0 Å². The van der Waals surface area contributed by atoms with Crippen molar-refractivity contribution in [1.29, 1.82) is 0 Å². The van der Waals surface area contributed by atoms with Crippen molar-refractivity contribution in [2.45, 2.75) is 26.5 Å². The summed E-state index contributed by atoms with van der Waals surface area (Å²) in [4.78, 5) is 5.80. The zero-order chi connectivity index (χ0) is 15.2. The van der Waals surface area contributed by atoms with Gasteiger partial charge in [-0.05, 0) is 47.1 Å². The topological polar surface area (TPSA) is 34.2 Å². The number of hydrogen-bond acceptors (Lipinski definition) is 4. The van der Waals surface area contributed by atoms with Crippen LogP contribution in [0.3, 0.4) is 0 Å². The molecule has 0 amide bonds. The number of rotatable bonds is 7. The molecule has 0 radical (unpaired) electrons. The molecule has 0 aliphatic carbocycles. The van der Waals surface area contributed by atoms with E-state index in [1.165, 1.54) is 12.1 Å². The van der Waals surface area contributed by atoms with Crippen molar-refractivity contribution < 1.29 is 9.13 Å². The van der Waals surface area contributed by atoms with Gasteiger partial charge in [0.1, 0.15) is 10.8 Å². The van der Waals surface area contributed by atoms with Crippen molar-refractivity contribution >= 4 is 27.3 Å². The number of aromatic nitrogens is 1. The highest BCUT2D eigenvalue weighted by atomic mass is 79.9. The van der Waals surface area contributed by atoms with Crippen LogP contribution in [0.4, 0.5) is 4.39 Å². The van der Waals surface area contributed by atoms with E-state index in [4.69, 9.17) is 4.74 Å². The molecule has 0 atom stereocenters. The third-order valence-electron chi connectivity index (χ3n) is 2.93. The lowest BCUT2D eigenvalue weighted by molar-refractivity contribution is 0.181. The second-order valence-electron chi connectivity index (χ2n) is 4.62. The van der Waals surface area contributed by atoms with Crippen LogP contribution in [0.1, 0.15) is 23.9 Å². The molecule has 0 spiro atoms. The van der Waals surface area contributed by atoms with E-state index in [1.807, 2.05) is 0 Å². The molecule has 1 aromatic heterocycles. The standard InChI is InChI=1S/C15H18BrFN2OS/c1-3-6-18-8-14-13(9-20-2)19-15(21-14)11-5-4-10(17)7-12(11)16/h4-5,7,18H,3,6,8-9H2,1-2H3. The Hall–Kier alpha value is -0.820. The second-order valence-corrected chi connectivity index (χ2v) is 6.56. The molecule has 1 heterocycles. The number of hydrogen-bond donors (Lipinski definition) is 1. The number of benzene rings is 1. The zero-order valence-electron chi connectivity index (χ0n) is 12.1. The molecule has 2 aromatic rings. The Morgan fingerprint density at radius 1 is 1.43 bits per heavy atom. The van der Waals surface area contributed by atoms with Gasteiger partial charge in [-0.3, -0.25) is 0 Å². The lowest BCUT2D eigenvalue weighted by atomic mass is 10.2. The number of nitrogens with one attached hydrogen (secondary N) is 1. The highest BCUT2D eigenvalue weighted by Crippen LogP contribution is 2.34. The number of nitrogens with zero attached hydrogens (tertiary/aromatic N) is 1. The smallest absolute Gasteiger partial charge is 0.125 e. The number of halogens is 2. The van der Waals surface area contributed by atoms with E-state index < -0.39 is 0 Å². The first kappa shape index (κ1) is 16.5. The predicted molar refractivity (Wildman–Crippen MR) is 87.9 cm³/mol. The molecule has 0 aliphatic rings. The third kappa shape index (κ3) is 4.32. The van der Waals surface area contributed by atoms with Crippen LogP contribution in [0.25, 0.3) is 10.6 Å². The molecule has 0 saturated carbocycles. The minimum atomic E-state index is -0.260. The van der Waals surface area contributed by atoms with E-state index in [-0.39, 0.29) is 5.82 Å². The molecule has 3 nitrogen and oxygen atoms in total. The van der Waals surface area contributed by atoms with Gasteiger partial charge in [0.15, 0.2) is 0 Å². The number of ether oxygens (including phenoxy) is 1. The van der Waals surface area contributed by atoms with Crippen molar-refractivity contribution in [2.24, 2.45) is 0 Å². The fraction of sp³-hybridized carbons (Fsp3) is 0.400. The Labute approximate surface area is 136 Å². The summed E-state index contributed by atoms with van der Waals surface area (Å²) in [5.74, 6) is -0.260. The van der Waals surface area contributed by atoms with Crippen LogP contribution >= 0.6 is 27.3 Å². The predicted octanol–water partition coefficient (Wildman–Crippen LogP) is 4.36. The highest BCUT2D eigenvalue weighted by molar-refractivity contribution is 9.10. The monoisotopic (exact) mass is 372 g/mol. The quantitative estimate of drug-likeness (QED) is 0.733. The van der Waals surface area contributed by atoms with Crippen LogP contribution in [-0.2, 0) is 17.9 Å². The lowest BCUT2D eigenvalue weighted by Crippen LogP contribution is -2.14. The maximum atomic E-state index is 13.2. The van der Waals surface area contributed by atoms with E-state index in [2.05, 4.69) is 33.2 Å². The SMILES string of the molecule is CCCNCc1sc(-c2ccc(F)cc2Br)nc1COC. The molecule has 2 rings (SSSR count). The van der Waals surface area contributed by atoms with Crippen LogP contribution in [0.2, 0.25) is 0 Å². The van der Waals surface area contributed by atoms with Gasteiger partial charge in [0.05, 0.1) is 12.3 Å². The molecule has 0 fully saturated rings. The van der Waals surface area contributed by atoms with Crippen LogP contribution in [0.5, 0.6) is 0 Å². The van der Waals surface area contributed by atoms with Gasteiger partial charge in [-0.15, -0.1) is 11.3 Å². The molecule has 1 aromatic carbocycles. The van der Waals surface area contributed by atoms with E-state index in [9.17, 15) is 4.39 Å². The molecule has 21 heavy (non-hydrogen) atoms. The highest BCUT2D eigenvalue weighted by Gasteiger charge is 2.14. The second kappa shape index (κ2) is 7.98. The first-order valence-electron chi connectivity index (χ1n) is 6.79. The van der Waals surface area contributed by atoms with E-state index in [0.29, 0.717) is 11.1 Å². The van der Waals surface area contributed by atoms with Crippen LogP contribution in [0, 0.1) is 5.82 Å².